The highest BCUT2D eigenvalue weighted by atomic mass is 19.1. The van der Waals surface area contributed by atoms with Gasteiger partial charge in [0, 0.05) is 13.1 Å². The molecule has 19 heavy (non-hydrogen) atoms. The van der Waals surface area contributed by atoms with Crippen molar-refractivity contribution in [2.24, 2.45) is 5.92 Å². The lowest BCUT2D eigenvalue weighted by Crippen LogP contribution is -2.45. The molecule has 102 valence electrons. The zero-order valence-corrected chi connectivity index (χ0v) is 11.0. The fraction of sp³-hybridized carbons (Fsp3) is 0.533. The van der Waals surface area contributed by atoms with Gasteiger partial charge in [0.1, 0.15) is 5.82 Å². The van der Waals surface area contributed by atoms with Crippen LogP contribution < -0.4 is 0 Å². The Morgan fingerprint density at radius 1 is 1.42 bits per heavy atom. The van der Waals surface area contributed by atoms with Crippen molar-refractivity contribution < 1.29 is 13.9 Å². The topological polar surface area (TPSA) is 29.5 Å². The van der Waals surface area contributed by atoms with Gasteiger partial charge in [0.15, 0.2) is 0 Å². The lowest BCUT2D eigenvalue weighted by Gasteiger charge is -2.34. The summed E-state index contributed by atoms with van der Waals surface area (Å²) in [6, 6.07) is 6.16. The normalized spacial score (nSPS) is 30.2. The van der Waals surface area contributed by atoms with E-state index in [9.17, 15) is 9.18 Å². The number of amides is 1. The Morgan fingerprint density at radius 3 is 3.00 bits per heavy atom. The minimum atomic E-state index is -0.449. The van der Waals surface area contributed by atoms with Gasteiger partial charge in [-0.25, -0.2) is 4.39 Å². The highest BCUT2D eigenvalue weighted by molar-refractivity contribution is 5.94. The lowest BCUT2D eigenvalue weighted by atomic mass is 9.91. The summed E-state index contributed by atoms with van der Waals surface area (Å²) in [7, 11) is 0. The first-order valence-electron chi connectivity index (χ1n) is 6.84. The summed E-state index contributed by atoms with van der Waals surface area (Å²) in [5.41, 5.74) is 0.159. The Bertz CT molecular complexity index is 491. The molecule has 3 rings (SSSR count). The molecule has 0 radical (unpaired) electrons. The van der Waals surface area contributed by atoms with E-state index in [2.05, 4.69) is 6.92 Å². The quantitative estimate of drug-likeness (QED) is 0.779. The van der Waals surface area contributed by atoms with Crippen molar-refractivity contribution in [3.05, 3.63) is 35.6 Å². The van der Waals surface area contributed by atoms with E-state index < -0.39 is 5.82 Å². The number of fused-ring (bicyclic) bond motifs is 1. The first-order chi connectivity index (χ1) is 9.15. The molecule has 0 aliphatic carbocycles. The molecule has 1 amide bonds. The second-order valence-corrected chi connectivity index (χ2v) is 5.50. The Morgan fingerprint density at radius 2 is 2.21 bits per heavy atom. The largest absolute Gasteiger partial charge is 0.373 e. The second-order valence-electron chi connectivity index (χ2n) is 5.50. The zero-order chi connectivity index (χ0) is 13.4. The highest BCUT2D eigenvalue weighted by Crippen LogP contribution is 2.33. The molecule has 3 nitrogen and oxygen atoms in total. The molecule has 0 spiro atoms. The molecular formula is C15H18FNO2. The maximum atomic E-state index is 13.6. The molecule has 0 aromatic heterocycles. The number of rotatable bonds is 1. The van der Waals surface area contributed by atoms with Crippen molar-refractivity contribution in [2.75, 3.05) is 13.1 Å². The molecule has 1 aromatic rings. The van der Waals surface area contributed by atoms with Gasteiger partial charge in [0.2, 0.25) is 0 Å². The summed E-state index contributed by atoms with van der Waals surface area (Å²) < 4.78 is 19.5. The van der Waals surface area contributed by atoms with E-state index in [0.29, 0.717) is 19.0 Å². The molecule has 2 aliphatic rings. The van der Waals surface area contributed by atoms with E-state index in [1.807, 2.05) is 0 Å². The minimum Gasteiger partial charge on any atom is -0.373 e. The van der Waals surface area contributed by atoms with Gasteiger partial charge in [0.25, 0.3) is 5.91 Å². The fourth-order valence-corrected chi connectivity index (χ4v) is 3.16. The van der Waals surface area contributed by atoms with Gasteiger partial charge in [0.05, 0.1) is 17.8 Å². The summed E-state index contributed by atoms with van der Waals surface area (Å²) in [6.45, 7) is 3.36. The molecule has 0 saturated carbocycles. The summed E-state index contributed by atoms with van der Waals surface area (Å²) in [6.07, 6.45) is 2.43. The Balaban J connectivity index is 1.74. The number of nitrogens with zero attached hydrogens (tertiary/aromatic N) is 1. The van der Waals surface area contributed by atoms with Gasteiger partial charge in [-0.1, -0.05) is 12.1 Å². The van der Waals surface area contributed by atoms with E-state index in [-0.39, 0.29) is 23.7 Å². The van der Waals surface area contributed by atoms with Crippen LogP contribution in [0.1, 0.15) is 30.1 Å². The number of piperidine rings is 1. The van der Waals surface area contributed by atoms with Crippen LogP contribution in [0.25, 0.3) is 0 Å². The summed E-state index contributed by atoms with van der Waals surface area (Å²) in [4.78, 5) is 14.0. The van der Waals surface area contributed by atoms with Gasteiger partial charge in [-0.2, -0.15) is 0 Å². The predicted molar refractivity (Wildman–Crippen MR) is 69.4 cm³/mol. The van der Waals surface area contributed by atoms with Crippen LogP contribution in [-0.4, -0.2) is 36.1 Å². The molecule has 3 atom stereocenters. The fourth-order valence-electron chi connectivity index (χ4n) is 3.16. The van der Waals surface area contributed by atoms with Crippen LogP contribution in [0.5, 0.6) is 0 Å². The molecule has 2 saturated heterocycles. The van der Waals surface area contributed by atoms with E-state index >= 15 is 0 Å². The maximum Gasteiger partial charge on any atom is 0.256 e. The van der Waals surface area contributed by atoms with E-state index in [4.69, 9.17) is 4.74 Å². The Hall–Kier alpha value is -1.42. The first kappa shape index (κ1) is 12.6. The van der Waals surface area contributed by atoms with Crippen molar-refractivity contribution in [1.29, 1.82) is 0 Å². The number of ether oxygens (including phenoxy) is 1. The molecule has 2 fully saturated rings. The molecule has 4 heteroatoms. The van der Waals surface area contributed by atoms with Crippen LogP contribution in [0.4, 0.5) is 4.39 Å². The predicted octanol–water partition coefficient (Wildman–Crippen LogP) is 2.47. The van der Waals surface area contributed by atoms with Crippen molar-refractivity contribution in [2.45, 2.75) is 32.0 Å². The third kappa shape index (κ3) is 2.37. The molecular weight excluding hydrogens is 245 g/mol. The number of likely N-dealkylation sites (tertiary alicyclic amines) is 1. The molecule has 2 aliphatic heterocycles. The molecule has 0 bridgehead atoms. The average Bonchev–Trinajstić information content (AvgIpc) is 2.77. The van der Waals surface area contributed by atoms with Gasteiger partial charge in [-0.15, -0.1) is 0 Å². The molecule has 0 unspecified atom stereocenters. The third-order valence-corrected chi connectivity index (χ3v) is 4.13. The summed E-state index contributed by atoms with van der Waals surface area (Å²) in [5, 5.41) is 0. The molecule has 1 aromatic carbocycles. The molecule has 2 heterocycles. The zero-order valence-electron chi connectivity index (χ0n) is 11.0. The smallest absolute Gasteiger partial charge is 0.256 e. The van der Waals surface area contributed by atoms with Crippen molar-refractivity contribution in [3.8, 4) is 0 Å². The minimum absolute atomic E-state index is 0.125. The van der Waals surface area contributed by atoms with Crippen molar-refractivity contribution >= 4 is 5.91 Å². The monoisotopic (exact) mass is 263 g/mol. The van der Waals surface area contributed by atoms with Crippen molar-refractivity contribution in [1.82, 2.24) is 4.90 Å². The number of hydrogen-bond donors (Lipinski definition) is 0. The Kier molecular flexibility index (Phi) is 3.27. The number of halogens is 1. The third-order valence-electron chi connectivity index (χ3n) is 4.13. The summed E-state index contributed by atoms with van der Waals surface area (Å²) in [5.74, 6) is -0.116. The number of benzene rings is 1. The van der Waals surface area contributed by atoms with E-state index in [0.717, 1.165) is 12.8 Å². The van der Waals surface area contributed by atoms with Crippen LogP contribution in [0.2, 0.25) is 0 Å². The second kappa shape index (κ2) is 4.93. The van der Waals surface area contributed by atoms with Gasteiger partial charge < -0.3 is 9.64 Å². The van der Waals surface area contributed by atoms with Crippen LogP contribution >= 0.6 is 0 Å². The number of carbonyl (C=O) groups is 1. The van der Waals surface area contributed by atoms with Crippen LogP contribution in [0.3, 0.4) is 0 Å². The van der Waals surface area contributed by atoms with Crippen molar-refractivity contribution in [3.63, 3.8) is 0 Å². The summed E-state index contributed by atoms with van der Waals surface area (Å²) >= 11 is 0. The molecule has 0 N–H and O–H groups in total. The van der Waals surface area contributed by atoms with Gasteiger partial charge in [-0.05, 0) is 37.8 Å². The lowest BCUT2D eigenvalue weighted by molar-refractivity contribution is 0.00142. The SMILES string of the molecule is C[C@@H]1C[C@@H]2CCN(C(=O)c3ccccc3F)C[C@H]2O1. The standard InChI is InChI=1S/C15H18FNO2/c1-10-8-11-6-7-17(9-14(11)19-10)15(18)12-4-2-3-5-13(12)16/h2-5,10-11,14H,6-9H2,1H3/t10-,11+,14-/m1/s1. The van der Waals surface area contributed by atoms with Gasteiger partial charge in [-0.3, -0.25) is 4.79 Å². The average molecular weight is 263 g/mol. The first-order valence-corrected chi connectivity index (χ1v) is 6.84. The number of hydrogen-bond acceptors (Lipinski definition) is 2. The maximum absolute atomic E-state index is 13.6. The van der Waals surface area contributed by atoms with Crippen LogP contribution in [0, 0.1) is 11.7 Å². The van der Waals surface area contributed by atoms with E-state index in [1.165, 1.54) is 6.07 Å². The van der Waals surface area contributed by atoms with Crippen LogP contribution in [0.15, 0.2) is 24.3 Å². The highest BCUT2D eigenvalue weighted by Gasteiger charge is 2.38. The number of carbonyl (C=O) groups excluding carboxylic acids is 1. The van der Waals surface area contributed by atoms with Crippen LogP contribution in [-0.2, 0) is 4.74 Å². The Labute approximate surface area is 112 Å². The van der Waals surface area contributed by atoms with E-state index in [1.54, 1.807) is 23.1 Å². The van der Waals surface area contributed by atoms with Gasteiger partial charge >= 0.3 is 0 Å².